The Bertz CT molecular complexity index is 1210. The van der Waals surface area contributed by atoms with Crippen LogP contribution < -0.4 is 14.8 Å². The van der Waals surface area contributed by atoms with E-state index in [2.05, 4.69) is 31.2 Å². The lowest BCUT2D eigenvalue weighted by Crippen LogP contribution is -2.16. The molecule has 0 radical (unpaired) electrons. The minimum atomic E-state index is -0.398. The highest BCUT2D eigenvalue weighted by Crippen LogP contribution is 2.38. The number of ether oxygens (including phenoxy) is 2. The highest BCUT2D eigenvalue weighted by Gasteiger charge is 2.15. The van der Waals surface area contributed by atoms with Gasteiger partial charge in [0.05, 0.1) is 27.1 Å². The maximum atomic E-state index is 14.1. The number of benzene rings is 3. The van der Waals surface area contributed by atoms with E-state index in [4.69, 9.17) is 21.1 Å². The zero-order valence-electron chi connectivity index (χ0n) is 18.8. The summed E-state index contributed by atoms with van der Waals surface area (Å²) >= 11 is 9.70. The molecule has 1 aromatic heterocycles. The molecule has 4 rings (SSSR count). The van der Waals surface area contributed by atoms with Gasteiger partial charge < -0.3 is 19.8 Å². The number of nitrogens with zero attached hydrogens (tertiary/aromatic N) is 1. The molecule has 178 valence electrons. The molecule has 0 atom stereocenters. The Labute approximate surface area is 211 Å². The third-order valence-corrected chi connectivity index (χ3v) is 6.27. The lowest BCUT2D eigenvalue weighted by molar-refractivity contribution is 0.264. The monoisotopic (exact) mass is 545 g/mol. The molecule has 0 unspecified atom stereocenters. The minimum absolute atomic E-state index is 0.00354. The van der Waals surface area contributed by atoms with Gasteiger partial charge in [-0.2, -0.15) is 0 Å². The van der Waals surface area contributed by atoms with Gasteiger partial charge >= 0.3 is 0 Å². The number of aromatic amines is 1. The first kappa shape index (κ1) is 24.5. The van der Waals surface area contributed by atoms with E-state index in [1.807, 2.05) is 43.3 Å². The maximum absolute atomic E-state index is 14.1. The first-order valence-corrected chi connectivity index (χ1v) is 12.4. The van der Waals surface area contributed by atoms with Crippen LogP contribution in [0.25, 0.3) is 11.0 Å². The number of aryl methyl sites for hydroxylation is 1. The van der Waals surface area contributed by atoms with Gasteiger partial charge in [0.15, 0.2) is 11.5 Å². The van der Waals surface area contributed by atoms with Crippen molar-refractivity contribution in [1.29, 1.82) is 0 Å². The zero-order chi connectivity index (χ0) is 23.9. The highest BCUT2D eigenvalue weighted by atomic mass is 79.9. The Morgan fingerprint density at radius 1 is 1.12 bits per heavy atom. The summed E-state index contributed by atoms with van der Waals surface area (Å²) in [7, 11) is 0. The molecule has 0 amide bonds. The molecule has 0 bridgehead atoms. The predicted octanol–water partition coefficient (Wildman–Crippen LogP) is 6.82. The van der Waals surface area contributed by atoms with E-state index in [1.165, 1.54) is 6.07 Å². The normalized spacial score (nSPS) is 11.2. The number of halogens is 3. The Morgan fingerprint density at radius 3 is 2.76 bits per heavy atom. The predicted molar refractivity (Wildman–Crippen MR) is 137 cm³/mol. The summed E-state index contributed by atoms with van der Waals surface area (Å²) in [4.78, 5) is 7.98. The summed E-state index contributed by atoms with van der Waals surface area (Å²) in [6.45, 7) is 3.93. The van der Waals surface area contributed by atoms with E-state index < -0.39 is 5.82 Å². The van der Waals surface area contributed by atoms with Crippen LogP contribution in [0, 0.1) is 5.82 Å². The molecule has 0 aliphatic rings. The number of para-hydroxylation sites is 2. The summed E-state index contributed by atoms with van der Waals surface area (Å²) in [6.07, 6.45) is 1.84. The van der Waals surface area contributed by atoms with Gasteiger partial charge in [-0.05, 0) is 77.8 Å². The number of nitrogens with one attached hydrogen (secondary N) is 2. The van der Waals surface area contributed by atoms with Gasteiger partial charge in [-0.1, -0.05) is 29.8 Å². The van der Waals surface area contributed by atoms with E-state index in [-0.39, 0.29) is 6.61 Å². The molecule has 0 saturated heterocycles. The number of H-pyrrole nitrogens is 1. The summed E-state index contributed by atoms with van der Waals surface area (Å²) in [6, 6.07) is 16.6. The Balaban J connectivity index is 1.33. The molecular weight excluding hydrogens is 521 g/mol. The van der Waals surface area contributed by atoms with Crippen LogP contribution in [-0.2, 0) is 19.6 Å². The number of imidazole rings is 1. The zero-order valence-corrected chi connectivity index (χ0v) is 21.2. The van der Waals surface area contributed by atoms with Crippen LogP contribution in [0.5, 0.6) is 11.5 Å². The van der Waals surface area contributed by atoms with Crippen molar-refractivity contribution in [2.75, 3.05) is 13.2 Å². The van der Waals surface area contributed by atoms with Crippen molar-refractivity contribution < 1.29 is 13.9 Å². The van der Waals surface area contributed by atoms with E-state index in [0.29, 0.717) is 35.2 Å². The molecule has 8 heteroatoms. The molecule has 1 heterocycles. The molecular formula is C26H26BrClFN3O2. The van der Waals surface area contributed by atoms with Gasteiger partial charge in [-0.3, -0.25) is 0 Å². The summed E-state index contributed by atoms with van der Waals surface area (Å²) in [5.41, 5.74) is 3.43. The first-order chi connectivity index (χ1) is 16.5. The fraction of sp³-hybridized carbons (Fsp3) is 0.269. The molecule has 34 heavy (non-hydrogen) atoms. The second-order valence-electron chi connectivity index (χ2n) is 7.81. The van der Waals surface area contributed by atoms with Crippen LogP contribution in [0.4, 0.5) is 4.39 Å². The Morgan fingerprint density at radius 2 is 1.97 bits per heavy atom. The van der Waals surface area contributed by atoms with E-state index in [0.717, 1.165) is 46.3 Å². The van der Waals surface area contributed by atoms with E-state index in [9.17, 15) is 4.39 Å². The van der Waals surface area contributed by atoms with Crippen molar-refractivity contribution in [3.63, 3.8) is 0 Å². The van der Waals surface area contributed by atoms with Crippen molar-refractivity contribution in [1.82, 2.24) is 15.3 Å². The van der Waals surface area contributed by atoms with Crippen molar-refractivity contribution in [2.45, 2.75) is 32.9 Å². The van der Waals surface area contributed by atoms with Gasteiger partial charge in [0, 0.05) is 18.5 Å². The molecule has 2 N–H and O–H groups in total. The molecule has 3 aromatic carbocycles. The van der Waals surface area contributed by atoms with E-state index >= 15 is 0 Å². The van der Waals surface area contributed by atoms with Crippen molar-refractivity contribution >= 4 is 38.6 Å². The molecule has 0 aliphatic heterocycles. The van der Waals surface area contributed by atoms with Gasteiger partial charge in [0.25, 0.3) is 0 Å². The van der Waals surface area contributed by atoms with Gasteiger partial charge in [-0.25, -0.2) is 9.37 Å². The quantitative estimate of drug-likeness (QED) is 0.203. The van der Waals surface area contributed by atoms with Crippen LogP contribution in [0.3, 0.4) is 0 Å². The average molecular weight is 547 g/mol. The van der Waals surface area contributed by atoms with Crippen LogP contribution in [0.15, 0.2) is 59.1 Å². The molecule has 4 aromatic rings. The highest BCUT2D eigenvalue weighted by molar-refractivity contribution is 9.10. The van der Waals surface area contributed by atoms with Crippen LogP contribution in [-0.4, -0.2) is 23.1 Å². The molecule has 0 saturated carbocycles. The minimum Gasteiger partial charge on any atom is -0.490 e. The van der Waals surface area contributed by atoms with E-state index in [1.54, 1.807) is 12.1 Å². The molecule has 5 nitrogen and oxygen atoms in total. The smallest absolute Gasteiger partial charge is 0.175 e. The maximum Gasteiger partial charge on any atom is 0.175 e. The van der Waals surface area contributed by atoms with Crippen molar-refractivity contribution in [3.05, 3.63) is 86.9 Å². The SMILES string of the molecule is CCOc1cc(CNCCCc2nc3ccccc3[nH]2)cc(Br)c1OCc1c(F)cccc1Cl. The number of rotatable bonds is 11. The number of fused-ring (bicyclic) bond motifs is 1. The summed E-state index contributed by atoms with van der Waals surface area (Å²) < 4.78 is 26.6. The van der Waals surface area contributed by atoms with Gasteiger partial charge in [-0.15, -0.1) is 0 Å². The van der Waals surface area contributed by atoms with Gasteiger partial charge in [0.1, 0.15) is 18.2 Å². The number of hydrogen-bond donors (Lipinski definition) is 2. The largest absolute Gasteiger partial charge is 0.490 e. The number of aromatic nitrogens is 2. The van der Waals surface area contributed by atoms with Crippen LogP contribution in [0.2, 0.25) is 5.02 Å². The fourth-order valence-electron chi connectivity index (χ4n) is 3.68. The third kappa shape index (κ3) is 6.09. The fourth-order valence-corrected chi connectivity index (χ4v) is 4.50. The Hall–Kier alpha value is -2.61. The van der Waals surface area contributed by atoms with Crippen molar-refractivity contribution in [2.24, 2.45) is 0 Å². The first-order valence-electron chi connectivity index (χ1n) is 11.2. The second-order valence-corrected chi connectivity index (χ2v) is 9.07. The molecule has 0 fully saturated rings. The summed E-state index contributed by atoms with van der Waals surface area (Å²) in [5.74, 6) is 1.73. The Kier molecular flexibility index (Phi) is 8.43. The lowest BCUT2D eigenvalue weighted by Gasteiger charge is -2.16. The molecule has 0 aliphatic carbocycles. The standard InChI is InChI=1S/C26H26BrClFN3O2/c1-2-33-24-14-17(13-19(27)26(24)34-16-18-20(28)7-5-8-21(18)29)15-30-12-6-11-25-31-22-9-3-4-10-23(22)32-25/h3-5,7-10,13-14,30H,2,6,11-12,15-16H2,1H3,(H,31,32). The average Bonchev–Trinajstić information content (AvgIpc) is 3.23. The van der Waals surface area contributed by atoms with Crippen molar-refractivity contribution in [3.8, 4) is 11.5 Å². The topological polar surface area (TPSA) is 59.2 Å². The molecule has 0 spiro atoms. The summed E-state index contributed by atoms with van der Waals surface area (Å²) in [5, 5.41) is 3.80. The van der Waals surface area contributed by atoms with Crippen LogP contribution >= 0.6 is 27.5 Å². The van der Waals surface area contributed by atoms with Crippen LogP contribution in [0.1, 0.15) is 30.3 Å². The van der Waals surface area contributed by atoms with Gasteiger partial charge in [0.2, 0.25) is 0 Å². The second kappa shape index (κ2) is 11.7. The lowest BCUT2D eigenvalue weighted by atomic mass is 10.2. The number of hydrogen-bond acceptors (Lipinski definition) is 4. The third-order valence-electron chi connectivity index (χ3n) is 5.33.